The quantitative estimate of drug-likeness (QED) is 0.798. The summed E-state index contributed by atoms with van der Waals surface area (Å²) in [5.74, 6) is 0.976. The number of ether oxygens (including phenoxy) is 1. The van der Waals surface area contributed by atoms with Crippen LogP contribution in [0.1, 0.15) is 31.7 Å². The summed E-state index contributed by atoms with van der Waals surface area (Å²) in [4.78, 5) is 0. The predicted molar refractivity (Wildman–Crippen MR) is 57.7 cm³/mol. The van der Waals surface area contributed by atoms with Crippen LogP contribution in [0.2, 0.25) is 0 Å². The first-order chi connectivity index (χ1) is 6.70. The van der Waals surface area contributed by atoms with Crippen molar-refractivity contribution in [3.8, 4) is 5.75 Å². The maximum atomic E-state index is 9.74. The van der Waals surface area contributed by atoms with Gasteiger partial charge in [-0.25, -0.2) is 0 Å². The van der Waals surface area contributed by atoms with Crippen molar-refractivity contribution in [2.24, 2.45) is 0 Å². The molecule has 1 N–H and O–H groups in total. The maximum absolute atomic E-state index is 9.74. The average Bonchev–Trinajstić information content (AvgIpc) is 2.26. The van der Waals surface area contributed by atoms with Crippen molar-refractivity contribution >= 4 is 0 Å². The van der Waals surface area contributed by atoms with Crippen molar-refractivity contribution in [2.45, 2.75) is 32.3 Å². The van der Waals surface area contributed by atoms with Crippen LogP contribution in [-0.2, 0) is 0 Å². The summed E-state index contributed by atoms with van der Waals surface area (Å²) >= 11 is 0. The van der Waals surface area contributed by atoms with Gasteiger partial charge in [0.25, 0.3) is 0 Å². The van der Waals surface area contributed by atoms with E-state index in [0.29, 0.717) is 0 Å². The molecule has 0 aliphatic heterocycles. The second-order valence-electron chi connectivity index (χ2n) is 3.51. The van der Waals surface area contributed by atoms with Gasteiger partial charge in [0.15, 0.2) is 0 Å². The fourth-order valence-electron chi connectivity index (χ4n) is 1.60. The zero-order valence-corrected chi connectivity index (χ0v) is 9.03. The highest BCUT2D eigenvalue weighted by Crippen LogP contribution is 2.29. The minimum Gasteiger partial charge on any atom is -0.496 e. The Kier molecular flexibility index (Phi) is 3.96. The Morgan fingerprint density at radius 2 is 2.00 bits per heavy atom. The summed E-state index contributed by atoms with van der Waals surface area (Å²) in [5.41, 5.74) is 1.07. The molecular weight excluding hydrogens is 176 g/mol. The number of aliphatic hydroxyl groups is 1. The molecule has 0 aliphatic rings. The van der Waals surface area contributed by atoms with Crippen LogP contribution < -0.4 is 4.74 Å². The van der Waals surface area contributed by atoms with Gasteiger partial charge in [-0.15, -0.1) is 0 Å². The second kappa shape index (κ2) is 5.01. The van der Waals surface area contributed by atoms with Gasteiger partial charge < -0.3 is 9.84 Å². The Labute approximate surface area is 85.5 Å². The van der Waals surface area contributed by atoms with E-state index >= 15 is 0 Å². The van der Waals surface area contributed by atoms with E-state index in [1.54, 1.807) is 7.11 Å². The number of benzene rings is 1. The van der Waals surface area contributed by atoms with Crippen LogP contribution in [-0.4, -0.2) is 18.3 Å². The average molecular weight is 194 g/mol. The summed E-state index contributed by atoms with van der Waals surface area (Å²) in [7, 11) is 1.66. The van der Waals surface area contributed by atoms with Crippen LogP contribution >= 0.6 is 0 Å². The lowest BCUT2D eigenvalue weighted by atomic mass is 9.93. The molecule has 0 aromatic heterocycles. The highest BCUT2D eigenvalue weighted by molar-refractivity contribution is 5.36. The molecule has 0 saturated heterocycles. The third-order valence-electron chi connectivity index (χ3n) is 2.62. The summed E-state index contributed by atoms with van der Waals surface area (Å²) in [6.45, 7) is 4.00. The molecule has 0 spiro atoms. The molecule has 1 aromatic rings. The summed E-state index contributed by atoms with van der Waals surface area (Å²) in [5, 5.41) is 9.74. The summed E-state index contributed by atoms with van der Waals surface area (Å²) in [6.07, 6.45) is 0.463. The van der Waals surface area contributed by atoms with Crippen molar-refractivity contribution in [1.82, 2.24) is 0 Å². The molecule has 0 amide bonds. The molecule has 2 heteroatoms. The zero-order chi connectivity index (χ0) is 10.6. The summed E-state index contributed by atoms with van der Waals surface area (Å²) < 4.78 is 5.25. The van der Waals surface area contributed by atoms with Gasteiger partial charge in [-0.1, -0.05) is 32.0 Å². The van der Waals surface area contributed by atoms with Crippen LogP contribution in [0.4, 0.5) is 0 Å². The lowest BCUT2D eigenvalue weighted by molar-refractivity contribution is 0.144. The highest BCUT2D eigenvalue weighted by Gasteiger charge is 2.17. The monoisotopic (exact) mass is 194 g/mol. The van der Waals surface area contributed by atoms with Crippen LogP contribution in [0.3, 0.4) is 0 Å². The first-order valence-electron chi connectivity index (χ1n) is 5.01. The van der Waals surface area contributed by atoms with Gasteiger partial charge in [0, 0.05) is 5.92 Å². The van der Waals surface area contributed by atoms with Crippen LogP contribution in [0.25, 0.3) is 0 Å². The molecule has 2 unspecified atom stereocenters. The van der Waals surface area contributed by atoms with E-state index in [0.717, 1.165) is 17.7 Å². The minimum atomic E-state index is -0.300. The first kappa shape index (κ1) is 11.1. The predicted octanol–water partition coefficient (Wildman–Crippen LogP) is 2.57. The molecule has 2 atom stereocenters. The number of rotatable bonds is 4. The van der Waals surface area contributed by atoms with Crippen LogP contribution in [0.5, 0.6) is 5.75 Å². The Morgan fingerprint density at radius 1 is 1.36 bits per heavy atom. The smallest absolute Gasteiger partial charge is 0.122 e. The number of hydrogen-bond acceptors (Lipinski definition) is 2. The first-order valence-corrected chi connectivity index (χ1v) is 5.01. The van der Waals surface area contributed by atoms with E-state index in [9.17, 15) is 5.11 Å². The molecule has 0 fully saturated rings. The van der Waals surface area contributed by atoms with E-state index < -0.39 is 0 Å². The van der Waals surface area contributed by atoms with Gasteiger partial charge in [0.2, 0.25) is 0 Å². The van der Waals surface area contributed by atoms with Gasteiger partial charge >= 0.3 is 0 Å². The maximum Gasteiger partial charge on any atom is 0.122 e. The number of hydrogen-bond donors (Lipinski definition) is 1. The van der Waals surface area contributed by atoms with Crippen molar-refractivity contribution in [3.05, 3.63) is 29.8 Å². The SMILES string of the molecule is CCC(O)C(C)c1ccccc1OC. The largest absolute Gasteiger partial charge is 0.496 e. The molecule has 0 saturated carbocycles. The minimum absolute atomic E-state index is 0.121. The van der Waals surface area contributed by atoms with E-state index in [-0.39, 0.29) is 12.0 Å². The number of para-hydroxylation sites is 1. The molecule has 1 aromatic carbocycles. The second-order valence-corrected chi connectivity index (χ2v) is 3.51. The Hall–Kier alpha value is -1.02. The van der Waals surface area contributed by atoms with Gasteiger partial charge in [-0.2, -0.15) is 0 Å². The van der Waals surface area contributed by atoms with Crippen molar-refractivity contribution < 1.29 is 9.84 Å². The molecule has 14 heavy (non-hydrogen) atoms. The van der Waals surface area contributed by atoms with Crippen molar-refractivity contribution in [1.29, 1.82) is 0 Å². The Morgan fingerprint density at radius 3 is 2.57 bits per heavy atom. The Balaban J connectivity index is 2.93. The highest BCUT2D eigenvalue weighted by atomic mass is 16.5. The molecule has 0 bridgehead atoms. The molecule has 1 rings (SSSR count). The van der Waals surface area contributed by atoms with Crippen molar-refractivity contribution in [2.75, 3.05) is 7.11 Å². The zero-order valence-electron chi connectivity index (χ0n) is 9.03. The molecular formula is C12H18O2. The molecule has 2 nitrogen and oxygen atoms in total. The number of aliphatic hydroxyl groups excluding tert-OH is 1. The van der Waals surface area contributed by atoms with E-state index in [1.165, 1.54) is 0 Å². The molecule has 0 radical (unpaired) electrons. The normalized spacial score (nSPS) is 14.9. The number of methoxy groups -OCH3 is 1. The van der Waals surface area contributed by atoms with Crippen molar-refractivity contribution in [3.63, 3.8) is 0 Å². The van der Waals surface area contributed by atoms with E-state index in [2.05, 4.69) is 0 Å². The standard InChI is InChI=1S/C12H18O2/c1-4-11(13)9(2)10-7-5-6-8-12(10)14-3/h5-9,11,13H,4H2,1-3H3. The van der Waals surface area contributed by atoms with Crippen LogP contribution in [0.15, 0.2) is 24.3 Å². The summed E-state index contributed by atoms with van der Waals surface area (Å²) in [6, 6.07) is 7.83. The molecule has 0 aliphatic carbocycles. The van der Waals surface area contributed by atoms with Gasteiger partial charge in [-0.05, 0) is 18.1 Å². The van der Waals surface area contributed by atoms with E-state index in [1.807, 2.05) is 38.1 Å². The molecule has 78 valence electrons. The third-order valence-corrected chi connectivity index (χ3v) is 2.62. The van der Waals surface area contributed by atoms with Crippen LogP contribution in [0, 0.1) is 0 Å². The van der Waals surface area contributed by atoms with E-state index in [4.69, 9.17) is 4.74 Å². The topological polar surface area (TPSA) is 29.5 Å². The Bertz CT molecular complexity index is 283. The van der Waals surface area contributed by atoms with Gasteiger partial charge in [0.05, 0.1) is 13.2 Å². The molecule has 0 heterocycles. The fourth-order valence-corrected chi connectivity index (χ4v) is 1.60. The lowest BCUT2D eigenvalue weighted by Gasteiger charge is -2.19. The fraction of sp³-hybridized carbons (Fsp3) is 0.500. The van der Waals surface area contributed by atoms with Gasteiger partial charge in [-0.3, -0.25) is 0 Å². The third kappa shape index (κ3) is 2.26. The lowest BCUT2D eigenvalue weighted by Crippen LogP contribution is -2.15. The van der Waals surface area contributed by atoms with Gasteiger partial charge in [0.1, 0.15) is 5.75 Å².